The number of nitrogens with one attached hydrogen (secondary N) is 2. The molecule has 2 N–H and O–H groups in total. The lowest BCUT2D eigenvalue weighted by molar-refractivity contribution is -0.115. The quantitative estimate of drug-likeness (QED) is 0.563. The van der Waals surface area contributed by atoms with Crippen LogP contribution in [-0.2, 0) is 4.79 Å². The number of hydrogen-bond acceptors (Lipinski definition) is 7. The molecule has 1 aromatic heterocycles. The highest BCUT2D eigenvalue weighted by Gasteiger charge is 2.18. The summed E-state index contributed by atoms with van der Waals surface area (Å²) in [5.41, 5.74) is 4.33. The number of hydrogen-bond donors (Lipinski definition) is 2. The molecule has 0 bridgehead atoms. The molecule has 1 atom stereocenters. The van der Waals surface area contributed by atoms with E-state index < -0.39 is 0 Å². The molecule has 1 unspecified atom stereocenters. The highest BCUT2D eigenvalue weighted by atomic mass is 32.2. The van der Waals surface area contributed by atoms with Crippen LogP contribution in [0.3, 0.4) is 0 Å². The van der Waals surface area contributed by atoms with E-state index in [9.17, 15) is 4.79 Å². The molecule has 0 aliphatic rings. The predicted octanol–water partition coefficient (Wildman–Crippen LogP) is 4.89. The SMILES string of the molecule is Cc1ccc(Nc2nnc(SC(C)C(=O)Nc3ccccc3C#N)s2)cc1C. The number of benzene rings is 2. The Morgan fingerprint density at radius 1 is 1.18 bits per heavy atom. The first-order chi connectivity index (χ1) is 13.5. The molecule has 0 fully saturated rings. The Morgan fingerprint density at radius 2 is 1.96 bits per heavy atom. The van der Waals surface area contributed by atoms with Crippen LogP contribution in [0.25, 0.3) is 0 Å². The Morgan fingerprint density at radius 3 is 2.71 bits per heavy atom. The molecular weight excluding hydrogens is 390 g/mol. The third-order valence-electron chi connectivity index (χ3n) is 4.12. The second-order valence-electron chi connectivity index (χ2n) is 6.20. The van der Waals surface area contributed by atoms with Crippen molar-refractivity contribution >= 4 is 45.5 Å². The number of nitriles is 1. The van der Waals surface area contributed by atoms with Crippen LogP contribution in [0.5, 0.6) is 0 Å². The topological polar surface area (TPSA) is 90.7 Å². The summed E-state index contributed by atoms with van der Waals surface area (Å²) in [4.78, 5) is 12.5. The summed E-state index contributed by atoms with van der Waals surface area (Å²) in [6, 6.07) is 15.1. The Labute approximate surface area is 172 Å². The molecule has 6 nitrogen and oxygen atoms in total. The lowest BCUT2D eigenvalue weighted by Gasteiger charge is -2.11. The van der Waals surface area contributed by atoms with E-state index in [0.29, 0.717) is 20.7 Å². The van der Waals surface area contributed by atoms with Crippen LogP contribution in [0.2, 0.25) is 0 Å². The van der Waals surface area contributed by atoms with E-state index in [1.54, 1.807) is 31.2 Å². The number of aryl methyl sites for hydroxylation is 2. The van der Waals surface area contributed by atoms with E-state index in [1.807, 2.05) is 6.07 Å². The maximum Gasteiger partial charge on any atom is 0.237 e. The molecule has 1 heterocycles. The van der Waals surface area contributed by atoms with E-state index in [1.165, 1.54) is 34.2 Å². The average Bonchev–Trinajstić information content (AvgIpc) is 3.12. The van der Waals surface area contributed by atoms with Crippen LogP contribution in [-0.4, -0.2) is 21.4 Å². The molecule has 0 aliphatic heterocycles. The van der Waals surface area contributed by atoms with Crippen LogP contribution >= 0.6 is 23.1 Å². The van der Waals surface area contributed by atoms with Gasteiger partial charge in [-0.05, 0) is 56.2 Å². The Kier molecular flexibility index (Phi) is 6.29. The molecule has 0 aliphatic carbocycles. The van der Waals surface area contributed by atoms with Crippen molar-refractivity contribution in [2.75, 3.05) is 10.6 Å². The second-order valence-corrected chi connectivity index (χ2v) is 8.77. The summed E-state index contributed by atoms with van der Waals surface area (Å²) in [7, 11) is 0. The lowest BCUT2D eigenvalue weighted by Crippen LogP contribution is -2.22. The predicted molar refractivity (Wildman–Crippen MR) is 114 cm³/mol. The molecule has 2 aromatic carbocycles. The van der Waals surface area contributed by atoms with Crippen molar-refractivity contribution < 1.29 is 4.79 Å². The highest BCUT2D eigenvalue weighted by molar-refractivity contribution is 8.02. The maximum absolute atomic E-state index is 12.5. The van der Waals surface area contributed by atoms with Gasteiger partial charge in [0.15, 0.2) is 4.34 Å². The summed E-state index contributed by atoms with van der Waals surface area (Å²) < 4.78 is 0.697. The molecule has 8 heteroatoms. The van der Waals surface area contributed by atoms with Gasteiger partial charge in [0.1, 0.15) is 6.07 Å². The maximum atomic E-state index is 12.5. The molecule has 0 saturated heterocycles. The van der Waals surface area contributed by atoms with Gasteiger partial charge in [0, 0.05) is 5.69 Å². The summed E-state index contributed by atoms with van der Waals surface area (Å²) >= 11 is 2.73. The van der Waals surface area contributed by atoms with Gasteiger partial charge in [-0.3, -0.25) is 4.79 Å². The average molecular weight is 410 g/mol. The molecule has 3 rings (SSSR count). The van der Waals surface area contributed by atoms with Crippen molar-refractivity contribution in [1.82, 2.24) is 10.2 Å². The van der Waals surface area contributed by atoms with Gasteiger partial charge in [0.2, 0.25) is 11.0 Å². The van der Waals surface area contributed by atoms with E-state index in [-0.39, 0.29) is 11.2 Å². The van der Waals surface area contributed by atoms with Gasteiger partial charge in [-0.2, -0.15) is 5.26 Å². The fraction of sp³-hybridized carbons (Fsp3) is 0.200. The first kappa shape index (κ1) is 19.9. The van der Waals surface area contributed by atoms with Gasteiger partial charge < -0.3 is 10.6 Å². The lowest BCUT2D eigenvalue weighted by atomic mass is 10.1. The Balaban J connectivity index is 1.61. The zero-order valence-electron chi connectivity index (χ0n) is 15.7. The third kappa shape index (κ3) is 4.88. The molecule has 142 valence electrons. The second kappa shape index (κ2) is 8.87. The van der Waals surface area contributed by atoms with Gasteiger partial charge in [-0.15, -0.1) is 10.2 Å². The Hall–Kier alpha value is -2.89. The molecule has 0 saturated carbocycles. The van der Waals surface area contributed by atoms with Crippen molar-refractivity contribution in [3.05, 3.63) is 59.2 Å². The number of aromatic nitrogens is 2. The van der Waals surface area contributed by atoms with E-state index >= 15 is 0 Å². The molecule has 28 heavy (non-hydrogen) atoms. The van der Waals surface area contributed by atoms with Crippen LogP contribution in [0.15, 0.2) is 46.8 Å². The van der Waals surface area contributed by atoms with Crippen molar-refractivity contribution in [3.8, 4) is 6.07 Å². The highest BCUT2D eigenvalue weighted by Crippen LogP contribution is 2.31. The number of anilines is 3. The standard InChI is InChI=1S/C20H19N5OS2/c1-12-8-9-16(10-13(12)2)22-19-24-25-20(28-19)27-14(3)18(26)23-17-7-5-4-6-15(17)11-21/h4-10,14H,1-3H3,(H,22,24)(H,23,26). The van der Waals surface area contributed by atoms with Gasteiger partial charge in [0.25, 0.3) is 0 Å². The molecule has 0 radical (unpaired) electrons. The molecule has 0 spiro atoms. The molecular formula is C20H19N5OS2. The summed E-state index contributed by atoms with van der Waals surface area (Å²) in [6.45, 7) is 5.93. The largest absolute Gasteiger partial charge is 0.330 e. The number of rotatable bonds is 6. The zero-order chi connectivity index (χ0) is 20.1. The number of nitrogens with zero attached hydrogens (tertiary/aromatic N) is 3. The fourth-order valence-corrected chi connectivity index (χ4v) is 4.30. The monoisotopic (exact) mass is 409 g/mol. The van der Waals surface area contributed by atoms with Crippen LogP contribution in [0, 0.1) is 25.2 Å². The summed E-state index contributed by atoms with van der Waals surface area (Å²) in [5.74, 6) is -0.188. The van der Waals surface area contributed by atoms with E-state index in [2.05, 4.69) is 52.9 Å². The van der Waals surface area contributed by atoms with Crippen LogP contribution in [0.1, 0.15) is 23.6 Å². The number of carbonyl (C=O) groups is 1. The first-order valence-electron chi connectivity index (χ1n) is 8.60. The third-order valence-corrected chi connectivity index (χ3v) is 6.14. The van der Waals surface area contributed by atoms with Crippen LogP contribution < -0.4 is 10.6 Å². The first-order valence-corrected chi connectivity index (χ1v) is 10.3. The number of carbonyl (C=O) groups excluding carboxylic acids is 1. The van der Waals surface area contributed by atoms with Gasteiger partial charge in [0.05, 0.1) is 16.5 Å². The molecule has 3 aromatic rings. The van der Waals surface area contributed by atoms with Crippen molar-refractivity contribution in [2.45, 2.75) is 30.4 Å². The summed E-state index contributed by atoms with van der Waals surface area (Å²) in [6.07, 6.45) is 0. The minimum Gasteiger partial charge on any atom is -0.330 e. The van der Waals surface area contributed by atoms with Gasteiger partial charge in [-0.1, -0.05) is 41.3 Å². The normalized spacial score (nSPS) is 11.5. The van der Waals surface area contributed by atoms with E-state index in [4.69, 9.17) is 5.26 Å². The number of amides is 1. The van der Waals surface area contributed by atoms with Crippen molar-refractivity contribution in [2.24, 2.45) is 0 Å². The summed E-state index contributed by atoms with van der Waals surface area (Å²) in [5, 5.41) is 23.8. The van der Waals surface area contributed by atoms with Crippen LogP contribution in [0.4, 0.5) is 16.5 Å². The van der Waals surface area contributed by atoms with E-state index in [0.717, 1.165) is 5.69 Å². The number of para-hydroxylation sites is 1. The van der Waals surface area contributed by atoms with Gasteiger partial charge >= 0.3 is 0 Å². The smallest absolute Gasteiger partial charge is 0.237 e. The minimum atomic E-state index is -0.380. The fourth-order valence-electron chi connectivity index (χ4n) is 2.38. The van der Waals surface area contributed by atoms with Crippen molar-refractivity contribution in [3.63, 3.8) is 0 Å². The van der Waals surface area contributed by atoms with Crippen molar-refractivity contribution in [1.29, 1.82) is 5.26 Å². The van der Waals surface area contributed by atoms with Gasteiger partial charge in [-0.25, -0.2) is 0 Å². The zero-order valence-corrected chi connectivity index (χ0v) is 17.3. The molecule has 1 amide bonds. The minimum absolute atomic E-state index is 0.188. The number of thioether (sulfide) groups is 1. The Bertz CT molecular complexity index is 1040.